The van der Waals surface area contributed by atoms with Crippen molar-refractivity contribution in [2.24, 2.45) is 0 Å². The number of carbonyl (C=O) groups is 1. The van der Waals surface area contributed by atoms with Crippen LogP contribution in [0.1, 0.15) is 10.6 Å². The Bertz CT molecular complexity index is 611. The van der Waals surface area contributed by atoms with E-state index in [-0.39, 0.29) is 5.58 Å². The summed E-state index contributed by atoms with van der Waals surface area (Å²) in [4.78, 5) is 22.3. The molecule has 0 fully saturated rings. The average Bonchev–Trinajstić information content (AvgIpc) is 2.28. The molecule has 0 aliphatic rings. The molecule has 0 bridgehead atoms. The van der Waals surface area contributed by atoms with Crippen molar-refractivity contribution in [2.75, 3.05) is 7.11 Å². The van der Waals surface area contributed by atoms with Gasteiger partial charge in [-0.1, -0.05) is 6.07 Å². The lowest BCUT2D eigenvalue weighted by Gasteiger charge is -2.03. The van der Waals surface area contributed by atoms with Crippen LogP contribution in [-0.2, 0) is 0 Å². The average molecular weight is 220 g/mol. The van der Waals surface area contributed by atoms with Crippen LogP contribution in [0.4, 0.5) is 0 Å². The highest BCUT2D eigenvalue weighted by Crippen LogP contribution is 2.23. The van der Waals surface area contributed by atoms with E-state index in [1.807, 2.05) is 0 Å². The lowest BCUT2D eigenvalue weighted by atomic mass is 10.2. The molecule has 0 amide bonds. The van der Waals surface area contributed by atoms with Crippen molar-refractivity contribution in [1.82, 2.24) is 0 Å². The number of ether oxygens (including phenoxy) is 1. The Kier molecular flexibility index (Phi) is 2.36. The topological polar surface area (TPSA) is 76.7 Å². The molecule has 0 unspecified atom stereocenters. The van der Waals surface area contributed by atoms with E-state index in [1.165, 1.54) is 7.11 Å². The molecule has 0 aliphatic heterocycles. The predicted octanol–water partition coefficient (Wildman–Crippen LogP) is 1.50. The van der Waals surface area contributed by atoms with Gasteiger partial charge in [0.15, 0.2) is 16.8 Å². The van der Waals surface area contributed by atoms with E-state index < -0.39 is 17.2 Å². The Morgan fingerprint density at radius 2 is 2.19 bits per heavy atom. The van der Waals surface area contributed by atoms with Gasteiger partial charge in [0.1, 0.15) is 0 Å². The first-order chi connectivity index (χ1) is 7.63. The first-order valence-corrected chi connectivity index (χ1v) is 4.47. The summed E-state index contributed by atoms with van der Waals surface area (Å²) in [5.41, 5.74) is -0.257. The maximum Gasteiger partial charge on any atom is 0.371 e. The van der Waals surface area contributed by atoms with E-state index in [4.69, 9.17) is 14.3 Å². The second kappa shape index (κ2) is 3.69. The van der Waals surface area contributed by atoms with Crippen molar-refractivity contribution >= 4 is 16.9 Å². The summed E-state index contributed by atoms with van der Waals surface area (Å²) in [6.07, 6.45) is 0. The first-order valence-electron chi connectivity index (χ1n) is 4.47. The van der Waals surface area contributed by atoms with Crippen molar-refractivity contribution in [2.45, 2.75) is 0 Å². The van der Waals surface area contributed by atoms with Gasteiger partial charge >= 0.3 is 5.97 Å². The number of carboxylic acid groups (broad SMARTS) is 1. The third-order valence-electron chi connectivity index (χ3n) is 2.15. The van der Waals surface area contributed by atoms with Crippen LogP contribution in [0.25, 0.3) is 11.0 Å². The Labute approximate surface area is 89.9 Å². The Hall–Kier alpha value is -2.30. The molecule has 16 heavy (non-hydrogen) atoms. The molecular weight excluding hydrogens is 212 g/mol. The number of rotatable bonds is 2. The zero-order chi connectivity index (χ0) is 11.7. The molecule has 5 heteroatoms. The van der Waals surface area contributed by atoms with Gasteiger partial charge in [-0.3, -0.25) is 4.79 Å². The highest BCUT2D eigenvalue weighted by molar-refractivity contribution is 5.89. The second-order valence-corrected chi connectivity index (χ2v) is 3.12. The smallest absolute Gasteiger partial charge is 0.371 e. The quantitative estimate of drug-likeness (QED) is 0.829. The van der Waals surface area contributed by atoms with E-state index >= 15 is 0 Å². The summed E-state index contributed by atoms with van der Waals surface area (Å²) in [5.74, 6) is -1.36. The van der Waals surface area contributed by atoms with Crippen LogP contribution in [0.3, 0.4) is 0 Å². The molecule has 1 N–H and O–H groups in total. The lowest BCUT2D eigenvalue weighted by molar-refractivity contribution is 0.0663. The number of methoxy groups -OCH3 is 1. The summed E-state index contributed by atoms with van der Waals surface area (Å²) in [6.45, 7) is 0. The van der Waals surface area contributed by atoms with Gasteiger partial charge in [-0.25, -0.2) is 4.79 Å². The first kappa shape index (κ1) is 10.2. The summed E-state index contributed by atoms with van der Waals surface area (Å²) >= 11 is 0. The molecule has 2 aromatic rings. The molecule has 5 nitrogen and oxygen atoms in total. The zero-order valence-electron chi connectivity index (χ0n) is 8.39. The third-order valence-corrected chi connectivity index (χ3v) is 2.15. The molecule has 0 saturated heterocycles. The van der Waals surface area contributed by atoms with Crippen molar-refractivity contribution in [3.63, 3.8) is 0 Å². The minimum Gasteiger partial charge on any atom is -0.493 e. The zero-order valence-corrected chi connectivity index (χ0v) is 8.39. The molecule has 0 atom stereocenters. The molecule has 1 heterocycles. The molecule has 0 aliphatic carbocycles. The normalized spacial score (nSPS) is 10.3. The van der Waals surface area contributed by atoms with Gasteiger partial charge in [0, 0.05) is 6.07 Å². The molecule has 0 radical (unpaired) electrons. The van der Waals surface area contributed by atoms with Gasteiger partial charge in [0.05, 0.1) is 12.5 Å². The van der Waals surface area contributed by atoms with E-state index in [1.54, 1.807) is 18.2 Å². The number of benzene rings is 1. The summed E-state index contributed by atoms with van der Waals surface area (Å²) in [6, 6.07) is 5.73. The SMILES string of the molecule is COc1cccc2c(=O)cc(C(=O)O)oc12. The highest BCUT2D eigenvalue weighted by atomic mass is 16.5. The molecule has 0 spiro atoms. The molecule has 2 rings (SSSR count). The molecule has 0 saturated carbocycles. The Balaban J connectivity index is 2.88. The maximum atomic E-state index is 11.6. The van der Waals surface area contributed by atoms with Crippen molar-refractivity contribution in [3.05, 3.63) is 40.2 Å². The second-order valence-electron chi connectivity index (χ2n) is 3.12. The molecular formula is C11H8O5. The predicted molar refractivity (Wildman–Crippen MR) is 56.0 cm³/mol. The van der Waals surface area contributed by atoms with Gasteiger partial charge in [-0.05, 0) is 12.1 Å². The summed E-state index contributed by atoms with van der Waals surface area (Å²) in [7, 11) is 1.42. The van der Waals surface area contributed by atoms with Gasteiger partial charge < -0.3 is 14.3 Å². The number of fused-ring (bicyclic) bond motifs is 1. The van der Waals surface area contributed by atoms with Gasteiger partial charge in [-0.15, -0.1) is 0 Å². The highest BCUT2D eigenvalue weighted by Gasteiger charge is 2.13. The minimum absolute atomic E-state index is 0.148. The number of hydrogen-bond acceptors (Lipinski definition) is 4. The fourth-order valence-electron chi connectivity index (χ4n) is 1.42. The lowest BCUT2D eigenvalue weighted by Crippen LogP contribution is -2.06. The van der Waals surface area contributed by atoms with Crippen molar-refractivity contribution in [3.8, 4) is 5.75 Å². The van der Waals surface area contributed by atoms with Crippen molar-refractivity contribution < 1.29 is 19.1 Å². The summed E-state index contributed by atoms with van der Waals surface area (Å²) in [5, 5.41) is 9.05. The van der Waals surface area contributed by atoms with Crippen LogP contribution in [0.15, 0.2) is 33.5 Å². The third kappa shape index (κ3) is 1.52. The van der Waals surface area contributed by atoms with E-state index in [2.05, 4.69) is 0 Å². The monoisotopic (exact) mass is 220 g/mol. The number of para-hydroxylation sites is 1. The van der Waals surface area contributed by atoms with Crippen LogP contribution >= 0.6 is 0 Å². The van der Waals surface area contributed by atoms with Gasteiger partial charge in [-0.2, -0.15) is 0 Å². The number of hydrogen-bond donors (Lipinski definition) is 1. The van der Waals surface area contributed by atoms with Gasteiger partial charge in [0.2, 0.25) is 5.76 Å². The van der Waals surface area contributed by atoms with Crippen LogP contribution in [0.5, 0.6) is 5.75 Å². The molecule has 1 aromatic carbocycles. The van der Waals surface area contributed by atoms with E-state index in [9.17, 15) is 9.59 Å². The Morgan fingerprint density at radius 1 is 1.44 bits per heavy atom. The van der Waals surface area contributed by atoms with Crippen molar-refractivity contribution in [1.29, 1.82) is 0 Å². The number of carboxylic acids is 1. The van der Waals surface area contributed by atoms with Crippen LogP contribution in [-0.4, -0.2) is 18.2 Å². The van der Waals surface area contributed by atoms with E-state index in [0.29, 0.717) is 11.1 Å². The fourth-order valence-corrected chi connectivity index (χ4v) is 1.42. The fraction of sp³-hybridized carbons (Fsp3) is 0.0909. The van der Waals surface area contributed by atoms with Gasteiger partial charge in [0.25, 0.3) is 0 Å². The largest absolute Gasteiger partial charge is 0.493 e. The number of aromatic carboxylic acids is 1. The van der Waals surface area contributed by atoms with Crippen LogP contribution < -0.4 is 10.2 Å². The minimum atomic E-state index is -1.29. The molecule has 1 aromatic heterocycles. The Morgan fingerprint density at radius 3 is 2.81 bits per heavy atom. The maximum absolute atomic E-state index is 11.6. The van der Waals surface area contributed by atoms with E-state index in [0.717, 1.165) is 6.07 Å². The summed E-state index contributed by atoms with van der Waals surface area (Å²) < 4.78 is 10.1. The standard InChI is InChI=1S/C11H8O5/c1-15-8-4-2-3-6-7(12)5-9(11(13)14)16-10(6)8/h2-5H,1H3,(H,13,14). The van der Waals surface area contributed by atoms with Crippen LogP contribution in [0, 0.1) is 0 Å². The van der Waals surface area contributed by atoms with Crippen LogP contribution in [0.2, 0.25) is 0 Å². The molecule has 82 valence electrons.